The number of carbonyl (C=O) groups is 1. The Morgan fingerprint density at radius 1 is 0.953 bits per heavy atom. The van der Waals surface area contributed by atoms with Crippen molar-refractivity contribution in [2.24, 2.45) is 0 Å². The van der Waals surface area contributed by atoms with Crippen molar-refractivity contribution in [2.75, 3.05) is 7.11 Å². The molecule has 4 aliphatic heterocycles. The summed E-state index contributed by atoms with van der Waals surface area (Å²) in [5.41, 5.74) is -0.800. The van der Waals surface area contributed by atoms with Crippen molar-refractivity contribution in [3.8, 4) is 11.5 Å². The van der Waals surface area contributed by atoms with E-state index in [9.17, 15) is 25.2 Å². The van der Waals surface area contributed by atoms with Gasteiger partial charge in [0.05, 0.1) is 49.1 Å². The molecule has 5 rings (SSSR count). The first kappa shape index (κ1) is 32.9. The van der Waals surface area contributed by atoms with E-state index in [2.05, 4.69) is 0 Å². The molecule has 0 bridgehead atoms. The van der Waals surface area contributed by atoms with Crippen LogP contribution in [0.25, 0.3) is 0 Å². The zero-order valence-corrected chi connectivity index (χ0v) is 26.1. The van der Waals surface area contributed by atoms with Crippen molar-refractivity contribution >= 4 is 29.2 Å². The summed E-state index contributed by atoms with van der Waals surface area (Å²) in [4.78, 5) is 13.2. The zero-order chi connectivity index (χ0) is 31.6. The van der Waals surface area contributed by atoms with E-state index < -0.39 is 84.7 Å². The van der Waals surface area contributed by atoms with Gasteiger partial charge in [-0.1, -0.05) is 23.2 Å². The topological polar surface area (TPSA) is 172 Å². The van der Waals surface area contributed by atoms with Crippen molar-refractivity contribution in [1.82, 2.24) is 0 Å². The summed E-state index contributed by atoms with van der Waals surface area (Å²) in [6, 6.07) is 0. The second-order valence-corrected chi connectivity index (χ2v) is 12.5. The molecule has 1 aromatic carbocycles. The minimum Gasteiger partial charge on any atom is -0.505 e. The number of halogens is 2. The third-order valence-corrected chi connectivity index (χ3v) is 9.30. The summed E-state index contributed by atoms with van der Waals surface area (Å²) in [6.45, 7) is 8.37. The van der Waals surface area contributed by atoms with Gasteiger partial charge >= 0.3 is 5.97 Å². The molecule has 4 heterocycles. The van der Waals surface area contributed by atoms with Gasteiger partial charge in [0.25, 0.3) is 5.97 Å². The molecule has 0 amide bonds. The quantitative estimate of drug-likeness (QED) is 0.342. The minimum absolute atomic E-state index is 0.0824. The average Bonchev–Trinajstić information content (AvgIpc) is 3.19. The fraction of sp³-hybridized carbons (Fsp3) is 0.750. The Morgan fingerprint density at radius 2 is 1.65 bits per heavy atom. The number of rotatable bonds is 5. The van der Waals surface area contributed by atoms with Crippen LogP contribution in [-0.4, -0.2) is 106 Å². The third-order valence-electron chi connectivity index (χ3n) is 8.49. The van der Waals surface area contributed by atoms with E-state index in [4.69, 9.17) is 61.1 Å². The van der Waals surface area contributed by atoms with Crippen LogP contribution in [0, 0.1) is 6.92 Å². The second kappa shape index (κ2) is 12.0. The highest BCUT2D eigenvalue weighted by atomic mass is 35.5. The molecule has 4 saturated heterocycles. The van der Waals surface area contributed by atoms with E-state index in [0.29, 0.717) is 0 Å². The summed E-state index contributed by atoms with van der Waals surface area (Å²) in [6.07, 6.45) is -8.79. The van der Waals surface area contributed by atoms with Gasteiger partial charge in [0, 0.05) is 12.8 Å². The number of methoxy groups -OCH3 is 1. The van der Waals surface area contributed by atoms with Crippen molar-refractivity contribution in [3.63, 3.8) is 0 Å². The zero-order valence-electron chi connectivity index (χ0n) is 24.6. The third kappa shape index (κ3) is 5.95. The van der Waals surface area contributed by atoms with Crippen LogP contribution in [0.1, 0.15) is 62.9 Å². The van der Waals surface area contributed by atoms with Crippen LogP contribution >= 0.6 is 23.2 Å². The van der Waals surface area contributed by atoms with Crippen molar-refractivity contribution in [2.45, 2.75) is 127 Å². The first-order chi connectivity index (χ1) is 20.1. The summed E-state index contributed by atoms with van der Waals surface area (Å²) in [7, 11) is 1.28. The molecule has 4 aliphatic rings. The Balaban J connectivity index is 1.22. The lowest BCUT2D eigenvalue weighted by atomic mass is 9.89. The van der Waals surface area contributed by atoms with Crippen molar-refractivity contribution in [3.05, 3.63) is 21.2 Å². The van der Waals surface area contributed by atoms with E-state index in [1.54, 1.807) is 20.8 Å². The van der Waals surface area contributed by atoms with Crippen molar-refractivity contribution < 1.29 is 63.1 Å². The lowest BCUT2D eigenvalue weighted by Gasteiger charge is -2.45. The molecule has 1 aromatic rings. The molecular formula is C28H38Cl2O13. The highest BCUT2D eigenvalue weighted by molar-refractivity contribution is 6.39. The molecule has 0 aliphatic carbocycles. The predicted molar refractivity (Wildman–Crippen MR) is 148 cm³/mol. The van der Waals surface area contributed by atoms with Crippen LogP contribution < -0.4 is 4.74 Å². The molecule has 12 atom stereocenters. The normalized spacial score (nSPS) is 43.0. The number of aliphatic hydroxyl groups is 3. The van der Waals surface area contributed by atoms with Gasteiger partial charge in [-0.05, 0) is 40.2 Å². The lowest BCUT2D eigenvalue weighted by molar-refractivity contribution is -0.411. The number of phenols is 1. The molecule has 4 fully saturated rings. The van der Waals surface area contributed by atoms with Crippen LogP contribution in [0.15, 0.2) is 0 Å². The summed E-state index contributed by atoms with van der Waals surface area (Å²) < 4.78 is 46.8. The maximum absolute atomic E-state index is 13.2. The van der Waals surface area contributed by atoms with Gasteiger partial charge in [-0.2, -0.15) is 0 Å². The number of fused-ring (bicyclic) bond motifs is 1. The molecule has 242 valence electrons. The fourth-order valence-electron chi connectivity index (χ4n) is 6.49. The van der Waals surface area contributed by atoms with Gasteiger partial charge in [-0.25, -0.2) is 4.79 Å². The predicted octanol–water partition coefficient (Wildman–Crippen LogP) is 2.55. The summed E-state index contributed by atoms with van der Waals surface area (Å²) >= 11 is 12.3. The van der Waals surface area contributed by atoms with Crippen LogP contribution in [0.3, 0.4) is 0 Å². The first-order valence-corrected chi connectivity index (χ1v) is 14.9. The Hall–Kier alpha value is -1.49. The molecule has 0 unspecified atom stereocenters. The molecule has 0 radical (unpaired) electrons. The van der Waals surface area contributed by atoms with E-state index in [-0.39, 0.29) is 46.2 Å². The monoisotopic (exact) mass is 652 g/mol. The highest BCUT2D eigenvalue weighted by Gasteiger charge is 2.64. The van der Waals surface area contributed by atoms with Crippen molar-refractivity contribution in [1.29, 1.82) is 0 Å². The number of carbonyl (C=O) groups excluding carboxylic acids is 1. The van der Waals surface area contributed by atoms with Gasteiger partial charge in [-0.3, -0.25) is 0 Å². The Kier molecular flexibility index (Phi) is 9.20. The molecule has 13 nitrogen and oxygen atoms in total. The average molecular weight is 654 g/mol. The SMILES string of the molecule is COc1c(Cl)c(O)c(Cl)c(C)c1C(=O)O[C@H]1[C@H](O)C[C@H](O[C@H]2[C@H](O)C[C@]3(O[C@@H]4[C@@H](C)O[C@@H](O)C[C@@]4(C)O3)O[C@@H]2C)O[C@@H]1C. The lowest BCUT2D eigenvalue weighted by Crippen LogP contribution is -2.58. The molecule has 0 aromatic heterocycles. The van der Waals surface area contributed by atoms with Gasteiger partial charge in [0.2, 0.25) is 0 Å². The largest absolute Gasteiger partial charge is 0.505 e. The molecule has 1 spiro atoms. The smallest absolute Gasteiger partial charge is 0.342 e. The van der Waals surface area contributed by atoms with E-state index in [1.807, 2.05) is 6.92 Å². The van der Waals surface area contributed by atoms with Crippen LogP contribution in [-0.2, 0) is 33.2 Å². The van der Waals surface area contributed by atoms with Gasteiger partial charge < -0.3 is 58.3 Å². The maximum Gasteiger partial charge on any atom is 0.342 e. The van der Waals surface area contributed by atoms with Crippen LogP contribution in [0.2, 0.25) is 10.0 Å². The number of ether oxygens (including phenoxy) is 8. The Morgan fingerprint density at radius 3 is 2.28 bits per heavy atom. The van der Waals surface area contributed by atoms with Gasteiger partial charge in [0.15, 0.2) is 30.2 Å². The first-order valence-electron chi connectivity index (χ1n) is 14.1. The molecule has 43 heavy (non-hydrogen) atoms. The Bertz CT molecular complexity index is 1210. The number of phenolic OH excluding ortho intramolecular Hbond substituents is 1. The molecule has 4 N–H and O–H groups in total. The Labute approximate surface area is 258 Å². The number of hydrogen-bond acceptors (Lipinski definition) is 13. The second-order valence-electron chi connectivity index (χ2n) is 11.8. The number of aliphatic hydroxyl groups excluding tert-OH is 3. The number of benzene rings is 1. The minimum atomic E-state index is -1.56. The number of hydrogen-bond donors (Lipinski definition) is 4. The molecule has 0 saturated carbocycles. The number of aromatic hydroxyl groups is 1. The van der Waals surface area contributed by atoms with Crippen LogP contribution in [0.4, 0.5) is 0 Å². The van der Waals surface area contributed by atoms with Gasteiger partial charge in [-0.15, -0.1) is 0 Å². The number of esters is 1. The maximum atomic E-state index is 13.2. The molecular weight excluding hydrogens is 615 g/mol. The summed E-state index contributed by atoms with van der Waals surface area (Å²) in [5, 5.41) is 41.9. The molecule has 15 heteroatoms. The fourth-order valence-corrected chi connectivity index (χ4v) is 6.99. The van der Waals surface area contributed by atoms with E-state index in [1.165, 1.54) is 14.0 Å². The standard InChI is InChI=1S/C28H38Cl2O13/c1-10-18(24(36-6)20(30)21(34)19(10)29)26(35)40-22-11(2)38-17(7-14(22)31)39-23-12(3)41-28(8-15(23)32)42-25-13(4)37-16(33)9-27(25,5)43-28/h11-17,22-23,25,31-34H,7-9H2,1-6H3/t11-,12-,13-,14-,15-,16-,17+,22-,23-,25-,27-,28-/m1/s1. The van der Waals surface area contributed by atoms with E-state index >= 15 is 0 Å². The van der Waals surface area contributed by atoms with Crippen LogP contribution in [0.5, 0.6) is 11.5 Å². The highest BCUT2D eigenvalue weighted by Crippen LogP contribution is 2.50. The summed E-state index contributed by atoms with van der Waals surface area (Å²) in [5.74, 6) is -2.99. The van der Waals surface area contributed by atoms with Gasteiger partial charge in [0.1, 0.15) is 28.4 Å². The van der Waals surface area contributed by atoms with E-state index in [0.717, 1.165) is 0 Å².